The lowest BCUT2D eigenvalue weighted by Gasteiger charge is -2.18. The second-order valence-corrected chi connectivity index (χ2v) is 13.1. The highest BCUT2D eigenvalue weighted by Gasteiger charge is 2.16. The first-order valence-corrected chi connectivity index (χ1v) is 15.5. The van der Waals surface area contributed by atoms with E-state index < -0.39 is 15.8 Å². The number of hydrogen-bond acceptors (Lipinski definition) is 0. The van der Waals surface area contributed by atoms with Crippen molar-refractivity contribution in [3.63, 3.8) is 0 Å². The van der Waals surface area contributed by atoms with Gasteiger partial charge in [-0.2, -0.15) is 0 Å². The van der Waals surface area contributed by atoms with Crippen molar-refractivity contribution in [2.45, 2.75) is 0 Å². The minimum absolute atomic E-state index is 0. The lowest BCUT2D eigenvalue weighted by Crippen LogP contribution is -2.20. The fourth-order valence-electron chi connectivity index (χ4n) is 4.36. The number of rotatable bonds is 6. The topological polar surface area (TPSA) is 31.5 Å². The third-order valence-corrected chi connectivity index (χ3v) is 11.0. The summed E-state index contributed by atoms with van der Waals surface area (Å²) in [5, 5.41) is 8.39. The fourth-order valence-corrected chi connectivity index (χ4v) is 8.97. The minimum Gasteiger partial charge on any atom is -0.412 e. The highest BCUT2D eigenvalue weighted by molar-refractivity contribution is 7.80. The van der Waals surface area contributed by atoms with Crippen LogP contribution in [-0.4, -0.2) is 13.9 Å². The van der Waals surface area contributed by atoms with Gasteiger partial charge in [-0.25, -0.2) is 0 Å². The molecule has 0 aliphatic carbocycles. The van der Waals surface area contributed by atoms with Gasteiger partial charge in [-0.3, -0.25) is 0 Å². The Kier molecular flexibility index (Phi) is 12.6. The van der Waals surface area contributed by atoms with Crippen molar-refractivity contribution in [3.8, 4) is 0 Å². The fraction of sp³-hybridized carbons (Fsp3) is 0. The average molecular weight is 553 g/mol. The van der Waals surface area contributed by atoms with E-state index in [0.717, 1.165) is 0 Å². The zero-order valence-electron chi connectivity index (χ0n) is 22.3. The zero-order valence-corrected chi connectivity index (χ0v) is 24.1. The van der Waals surface area contributed by atoms with Crippen molar-refractivity contribution >= 4 is 56.1 Å². The van der Waals surface area contributed by atoms with Crippen molar-refractivity contribution in [2.75, 3.05) is 0 Å². The van der Waals surface area contributed by atoms with Crippen LogP contribution < -0.4 is 31.8 Å². The summed E-state index contributed by atoms with van der Waals surface area (Å²) in [7, 11) is -0.892. The first-order chi connectivity index (χ1) is 18.9. The van der Waals surface area contributed by atoms with Crippen molar-refractivity contribution in [1.82, 2.24) is 0 Å². The van der Waals surface area contributed by atoms with Crippen molar-refractivity contribution < 1.29 is 5.48 Å². The molecular formula is C36H32BOP2. The van der Waals surface area contributed by atoms with Gasteiger partial charge >= 0.3 is 0 Å². The maximum atomic E-state index is 2.23. The first kappa shape index (κ1) is 30.7. The van der Waals surface area contributed by atoms with Crippen molar-refractivity contribution in [1.29, 1.82) is 0 Å². The van der Waals surface area contributed by atoms with Crippen LogP contribution in [0.4, 0.5) is 0 Å². The Morgan fingerprint density at radius 2 is 0.350 bits per heavy atom. The summed E-state index contributed by atoms with van der Waals surface area (Å²) in [6, 6.07) is 64.7. The van der Waals surface area contributed by atoms with E-state index in [1.54, 1.807) is 0 Å². The third-order valence-electron chi connectivity index (χ3n) is 6.09. The number of hydrogen-bond donors (Lipinski definition) is 0. The molecule has 0 unspecified atom stereocenters. The molecule has 0 saturated heterocycles. The highest BCUT2D eigenvalue weighted by atomic mass is 31.1. The van der Waals surface area contributed by atoms with E-state index >= 15 is 0 Å². The predicted octanol–water partition coefficient (Wildman–Crippen LogP) is 5.68. The van der Waals surface area contributed by atoms with Crippen LogP contribution in [0, 0.1) is 0 Å². The molecule has 40 heavy (non-hydrogen) atoms. The van der Waals surface area contributed by atoms with E-state index in [0.29, 0.717) is 0 Å². The molecule has 195 valence electrons. The van der Waals surface area contributed by atoms with Gasteiger partial charge in [0.1, 0.15) is 0 Å². The molecule has 4 heteroatoms. The molecule has 0 atom stereocenters. The Hall–Kier alpha value is -3.80. The van der Waals surface area contributed by atoms with E-state index in [-0.39, 0.29) is 13.9 Å². The molecule has 0 aromatic heterocycles. The summed E-state index contributed by atoms with van der Waals surface area (Å²) in [6.45, 7) is 0. The normalized spacial score (nSPS) is 10.1. The largest absolute Gasteiger partial charge is 0.412 e. The van der Waals surface area contributed by atoms with E-state index in [9.17, 15) is 0 Å². The molecule has 0 amide bonds. The first-order valence-electron chi connectivity index (χ1n) is 12.8. The molecule has 0 aliphatic rings. The summed E-state index contributed by atoms with van der Waals surface area (Å²) >= 11 is 0. The molecule has 6 aromatic carbocycles. The molecule has 3 radical (unpaired) electrons. The van der Waals surface area contributed by atoms with Gasteiger partial charge in [0.25, 0.3) is 0 Å². The van der Waals surface area contributed by atoms with Crippen molar-refractivity contribution in [2.24, 2.45) is 0 Å². The van der Waals surface area contributed by atoms with Crippen LogP contribution >= 0.6 is 15.8 Å². The van der Waals surface area contributed by atoms with Gasteiger partial charge in [0, 0.05) is 8.41 Å². The summed E-state index contributed by atoms with van der Waals surface area (Å²) in [6.07, 6.45) is 0. The maximum absolute atomic E-state index is 2.23. The van der Waals surface area contributed by atoms with Gasteiger partial charge in [0.15, 0.2) is 0 Å². The molecule has 0 heterocycles. The van der Waals surface area contributed by atoms with Gasteiger partial charge in [-0.15, -0.1) is 0 Å². The van der Waals surface area contributed by atoms with Crippen LogP contribution in [-0.2, 0) is 0 Å². The highest BCUT2D eigenvalue weighted by Crippen LogP contribution is 2.33. The van der Waals surface area contributed by atoms with Crippen LogP contribution in [0.2, 0.25) is 0 Å². The molecule has 6 aromatic rings. The molecule has 2 N–H and O–H groups in total. The lowest BCUT2D eigenvalue weighted by molar-refractivity contribution is 0.824. The van der Waals surface area contributed by atoms with Crippen LogP contribution in [0.3, 0.4) is 0 Å². The van der Waals surface area contributed by atoms with E-state index in [2.05, 4.69) is 182 Å². The standard InChI is InChI=1S/2C18H15P.B.H2O/c2*1-4-10-16(11-5-1)19(17-12-6-2-7-13-17)18-14-8-3-9-15-18;;/h2*1-15H;;1H2. The molecule has 1 nitrogen and oxygen atoms in total. The molecule has 0 saturated carbocycles. The van der Waals surface area contributed by atoms with Crippen LogP contribution in [0.1, 0.15) is 0 Å². The Labute approximate surface area is 243 Å². The average Bonchev–Trinajstić information content (AvgIpc) is 3.01. The Balaban J connectivity index is 0.000000210. The SMILES string of the molecule is O.[B].c1ccc(P(c2ccccc2)c2ccccc2)cc1.c1ccc(P(c2ccccc2)c2ccccc2)cc1. The maximum Gasteiger partial charge on any atom is 0 e. The molecule has 0 spiro atoms. The molecule has 0 fully saturated rings. The van der Waals surface area contributed by atoms with Gasteiger partial charge in [0.05, 0.1) is 0 Å². The van der Waals surface area contributed by atoms with Gasteiger partial charge in [-0.05, 0) is 47.7 Å². The van der Waals surface area contributed by atoms with E-state index in [1.165, 1.54) is 31.8 Å². The van der Waals surface area contributed by atoms with Crippen LogP contribution in [0.25, 0.3) is 0 Å². The smallest absolute Gasteiger partial charge is 0 e. The number of benzene rings is 6. The predicted molar refractivity (Wildman–Crippen MR) is 180 cm³/mol. The summed E-state index contributed by atoms with van der Waals surface area (Å²) < 4.78 is 0. The lowest BCUT2D eigenvalue weighted by atomic mass is 10.4. The van der Waals surface area contributed by atoms with Crippen LogP contribution in [0.15, 0.2) is 182 Å². The quantitative estimate of drug-likeness (QED) is 0.188. The second-order valence-electron chi connectivity index (χ2n) is 8.68. The zero-order chi connectivity index (χ0) is 25.8. The Bertz CT molecular complexity index is 1180. The summed E-state index contributed by atoms with van der Waals surface area (Å²) in [5.74, 6) is 0. The summed E-state index contributed by atoms with van der Waals surface area (Å²) in [4.78, 5) is 0. The second kappa shape index (κ2) is 16.3. The molecule has 0 bridgehead atoms. The Morgan fingerprint density at radius 1 is 0.225 bits per heavy atom. The third kappa shape index (κ3) is 8.11. The van der Waals surface area contributed by atoms with E-state index in [4.69, 9.17) is 0 Å². The minimum atomic E-state index is -0.446. The molecule has 0 aliphatic heterocycles. The molecular weight excluding hydrogens is 521 g/mol. The Morgan fingerprint density at radius 3 is 0.475 bits per heavy atom. The van der Waals surface area contributed by atoms with Gasteiger partial charge < -0.3 is 5.48 Å². The monoisotopic (exact) mass is 553 g/mol. The van der Waals surface area contributed by atoms with E-state index in [1.807, 2.05) is 0 Å². The van der Waals surface area contributed by atoms with Crippen molar-refractivity contribution in [3.05, 3.63) is 182 Å². The van der Waals surface area contributed by atoms with Gasteiger partial charge in [0.2, 0.25) is 0 Å². The summed E-state index contributed by atoms with van der Waals surface area (Å²) in [5.41, 5.74) is 0. The van der Waals surface area contributed by atoms with Gasteiger partial charge in [-0.1, -0.05) is 182 Å². The van der Waals surface area contributed by atoms with Crippen LogP contribution in [0.5, 0.6) is 0 Å². The molecule has 6 rings (SSSR count).